The highest BCUT2D eigenvalue weighted by Gasteiger charge is 2.30. The predicted octanol–water partition coefficient (Wildman–Crippen LogP) is 2.73. The monoisotopic (exact) mass is 269 g/mol. The van der Waals surface area contributed by atoms with Crippen LogP contribution in [-0.4, -0.2) is 29.8 Å². The number of hydrogen-bond donors (Lipinski definition) is 1. The molecule has 0 spiro atoms. The Morgan fingerprint density at radius 1 is 1.32 bits per heavy atom. The van der Waals surface area contributed by atoms with Gasteiger partial charge in [0.1, 0.15) is 6.10 Å². The molecule has 0 aliphatic rings. The van der Waals surface area contributed by atoms with E-state index in [1.54, 1.807) is 7.11 Å². The zero-order valence-corrected chi connectivity index (χ0v) is 13.0. The molecule has 5 nitrogen and oxygen atoms in total. The zero-order chi connectivity index (χ0) is 14.5. The van der Waals surface area contributed by atoms with E-state index >= 15 is 0 Å². The van der Waals surface area contributed by atoms with E-state index in [0.29, 0.717) is 17.8 Å². The van der Waals surface area contributed by atoms with Gasteiger partial charge in [-0.3, -0.25) is 0 Å². The summed E-state index contributed by atoms with van der Waals surface area (Å²) >= 11 is 0. The van der Waals surface area contributed by atoms with Gasteiger partial charge < -0.3 is 14.6 Å². The first-order valence-electron chi connectivity index (χ1n) is 6.93. The maximum absolute atomic E-state index is 5.47. The van der Waals surface area contributed by atoms with E-state index in [4.69, 9.17) is 9.26 Å². The van der Waals surface area contributed by atoms with E-state index in [9.17, 15) is 0 Å². The molecule has 1 aromatic heterocycles. The van der Waals surface area contributed by atoms with Gasteiger partial charge in [0.15, 0.2) is 0 Å². The van der Waals surface area contributed by atoms with Gasteiger partial charge in [-0.25, -0.2) is 0 Å². The maximum atomic E-state index is 5.47. The molecule has 1 N–H and O–H groups in total. The van der Waals surface area contributed by atoms with Crippen LogP contribution in [0.1, 0.15) is 58.9 Å². The Hall–Kier alpha value is -0.940. The minimum atomic E-state index is -0.140. The normalized spacial score (nSPS) is 14.1. The smallest absolute Gasteiger partial charge is 0.226 e. The van der Waals surface area contributed by atoms with Gasteiger partial charge >= 0.3 is 0 Å². The number of aromatic nitrogens is 2. The number of methoxy groups -OCH3 is 1. The molecule has 0 saturated heterocycles. The topological polar surface area (TPSA) is 60.2 Å². The first kappa shape index (κ1) is 16.1. The standard InChI is InChI=1S/C14H27N3O2/c1-10(2)15-9-7-8-11-16-13(17-19-11)12(18-6)14(3,4)5/h10,12,15H,7-9H2,1-6H3. The molecule has 5 heteroatoms. The minimum absolute atomic E-state index is 0.0465. The zero-order valence-electron chi connectivity index (χ0n) is 13.0. The second-order valence-corrected chi connectivity index (χ2v) is 6.24. The average molecular weight is 269 g/mol. The fourth-order valence-corrected chi connectivity index (χ4v) is 1.95. The van der Waals surface area contributed by atoms with Crippen LogP contribution in [0.5, 0.6) is 0 Å². The fraction of sp³-hybridized carbons (Fsp3) is 0.857. The van der Waals surface area contributed by atoms with Crippen molar-refractivity contribution >= 4 is 0 Å². The number of nitrogens with zero attached hydrogens (tertiary/aromatic N) is 2. The Bertz CT molecular complexity index is 369. The van der Waals surface area contributed by atoms with Crippen molar-refractivity contribution in [3.05, 3.63) is 11.7 Å². The van der Waals surface area contributed by atoms with Crippen LogP contribution in [0, 0.1) is 5.41 Å². The second kappa shape index (κ2) is 7.01. The maximum Gasteiger partial charge on any atom is 0.226 e. The summed E-state index contributed by atoms with van der Waals surface area (Å²) in [5, 5.41) is 7.40. The summed E-state index contributed by atoms with van der Waals surface area (Å²) in [6, 6.07) is 0.511. The molecule has 0 bridgehead atoms. The molecule has 110 valence electrons. The van der Waals surface area contributed by atoms with Gasteiger partial charge in [0.25, 0.3) is 0 Å². The third-order valence-electron chi connectivity index (χ3n) is 2.86. The van der Waals surface area contributed by atoms with Gasteiger partial charge in [0, 0.05) is 19.6 Å². The van der Waals surface area contributed by atoms with Gasteiger partial charge in [-0.2, -0.15) is 4.98 Å². The van der Waals surface area contributed by atoms with Crippen LogP contribution >= 0.6 is 0 Å². The molecule has 1 heterocycles. The van der Waals surface area contributed by atoms with Crippen molar-refractivity contribution in [2.24, 2.45) is 5.41 Å². The Morgan fingerprint density at radius 2 is 2.00 bits per heavy atom. The first-order chi connectivity index (χ1) is 8.84. The van der Waals surface area contributed by atoms with Crippen molar-refractivity contribution in [2.45, 2.75) is 59.6 Å². The van der Waals surface area contributed by atoms with Crippen LogP contribution < -0.4 is 5.32 Å². The summed E-state index contributed by atoms with van der Waals surface area (Å²) in [4.78, 5) is 4.43. The van der Waals surface area contributed by atoms with Crippen molar-refractivity contribution in [1.29, 1.82) is 0 Å². The lowest BCUT2D eigenvalue weighted by molar-refractivity contribution is 0.00718. The van der Waals surface area contributed by atoms with Crippen LogP contribution in [0.2, 0.25) is 0 Å². The third-order valence-corrected chi connectivity index (χ3v) is 2.86. The second-order valence-electron chi connectivity index (χ2n) is 6.24. The molecule has 0 amide bonds. The molecule has 19 heavy (non-hydrogen) atoms. The molecular formula is C14H27N3O2. The quantitative estimate of drug-likeness (QED) is 0.771. The third kappa shape index (κ3) is 5.28. The summed E-state index contributed by atoms with van der Waals surface area (Å²) in [6.07, 6.45) is 1.65. The summed E-state index contributed by atoms with van der Waals surface area (Å²) in [7, 11) is 1.68. The Morgan fingerprint density at radius 3 is 2.53 bits per heavy atom. The van der Waals surface area contributed by atoms with E-state index < -0.39 is 0 Å². The number of aryl methyl sites for hydroxylation is 1. The SMILES string of the molecule is COC(c1noc(CCCNC(C)C)n1)C(C)(C)C. The summed E-state index contributed by atoms with van der Waals surface area (Å²) < 4.78 is 10.8. The van der Waals surface area contributed by atoms with Crippen LogP contribution in [0.3, 0.4) is 0 Å². The van der Waals surface area contributed by atoms with Crippen molar-refractivity contribution in [1.82, 2.24) is 15.5 Å². The molecule has 0 aromatic carbocycles. The molecule has 1 unspecified atom stereocenters. The average Bonchev–Trinajstić information content (AvgIpc) is 2.71. The molecule has 1 aromatic rings. The van der Waals surface area contributed by atoms with E-state index in [1.807, 2.05) is 0 Å². The van der Waals surface area contributed by atoms with Crippen LogP contribution in [0.15, 0.2) is 4.52 Å². The van der Waals surface area contributed by atoms with Crippen LogP contribution in [-0.2, 0) is 11.2 Å². The van der Waals surface area contributed by atoms with Crippen molar-refractivity contribution in [3.8, 4) is 0 Å². The van der Waals surface area contributed by atoms with Crippen LogP contribution in [0.4, 0.5) is 0 Å². The van der Waals surface area contributed by atoms with E-state index in [1.165, 1.54) is 0 Å². The lowest BCUT2D eigenvalue weighted by Crippen LogP contribution is -2.24. The number of ether oxygens (including phenoxy) is 1. The summed E-state index contributed by atoms with van der Waals surface area (Å²) in [5.41, 5.74) is -0.0465. The molecule has 0 fully saturated rings. The highest BCUT2D eigenvalue weighted by Crippen LogP contribution is 2.33. The Labute approximate surface area is 116 Å². The number of hydrogen-bond acceptors (Lipinski definition) is 5. The summed E-state index contributed by atoms with van der Waals surface area (Å²) in [5.74, 6) is 1.33. The predicted molar refractivity (Wildman–Crippen MR) is 75.0 cm³/mol. The van der Waals surface area contributed by atoms with Gasteiger partial charge in [0.05, 0.1) is 0 Å². The van der Waals surface area contributed by atoms with Crippen molar-refractivity contribution in [2.75, 3.05) is 13.7 Å². The van der Waals surface area contributed by atoms with Crippen molar-refractivity contribution in [3.63, 3.8) is 0 Å². The molecular weight excluding hydrogens is 242 g/mol. The lowest BCUT2D eigenvalue weighted by atomic mass is 9.88. The van der Waals surface area contributed by atoms with Crippen LogP contribution in [0.25, 0.3) is 0 Å². The largest absolute Gasteiger partial charge is 0.373 e. The Kier molecular flexibility index (Phi) is 5.94. The van der Waals surface area contributed by atoms with E-state index in [0.717, 1.165) is 19.4 Å². The number of nitrogens with one attached hydrogen (secondary N) is 1. The summed E-state index contributed by atoms with van der Waals surface area (Å²) in [6.45, 7) is 11.5. The highest BCUT2D eigenvalue weighted by atomic mass is 16.5. The van der Waals surface area contributed by atoms with Gasteiger partial charge in [-0.05, 0) is 18.4 Å². The molecule has 1 atom stereocenters. The molecule has 0 aliphatic carbocycles. The lowest BCUT2D eigenvalue weighted by Gasteiger charge is -2.26. The molecule has 0 saturated carbocycles. The van der Waals surface area contributed by atoms with E-state index in [2.05, 4.69) is 50.1 Å². The van der Waals surface area contributed by atoms with Gasteiger partial charge in [-0.1, -0.05) is 39.8 Å². The molecule has 0 aliphatic heterocycles. The number of rotatable bonds is 7. The fourth-order valence-electron chi connectivity index (χ4n) is 1.95. The van der Waals surface area contributed by atoms with Crippen molar-refractivity contribution < 1.29 is 9.26 Å². The van der Waals surface area contributed by atoms with Gasteiger partial charge in [-0.15, -0.1) is 0 Å². The molecule has 0 radical (unpaired) electrons. The first-order valence-corrected chi connectivity index (χ1v) is 6.93. The van der Waals surface area contributed by atoms with Gasteiger partial charge in [0.2, 0.25) is 11.7 Å². The minimum Gasteiger partial charge on any atom is -0.373 e. The van der Waals surface area contributed by atoms with E-state index in [-0.39, 0.29) is 11.5 Å². The Balaban J connectivity index is 2.52. The highest BCUT2D eigenvalue weighted by molar-refractivity contribution is 4.96. The molecule has 1 rings (SSSR count).